The number of aryl methyl sites for hydroxylation is 1. The van der Waals surface area contributed by atoms with Crippen LogP contribution in [0, 0.1) is 12.7 Å². The Bertz CT molecular complexity index is 379. The minimum atomic E-state index is -0.490. The normalized spacial score (nSPS) is 12.0. The lowest BCUT2D eigenvalue weighted by molar-refractivity contribution is 0.149. The third-order valence-corrected chi connectivity index (χ3v) is 2.31. The van der Waals surface area contributed by atoms with E-state index in [1.54, 1.807) is 32.9 Å². The first kappa shape index (κ1) is 12.5. The van der Waals surface area contributed by atoms with Gasteiger partial charge in [-0.05, 0) is 38.0 Å². The van der Waals surface area contributed by atoms with Crippen molar-refractivity contribution in [3.8, 4) is 0 Å². The minimum absolute atomic E-state index is 0.269. The quantitative estimate of drug-likeness (QED) is 0.858. The molecular weight excluding hydrogens is 209 g/mol. The number of carbonyl (C=O) groups excluding carboxylic acids is 1. The van der Waals surface area contributed by atoms with Gasteiger partial charge in [0, 0.05) is 0 Å². The fourth-order valence-corrected chi connectivity index (χ4v) is 1.31. The van der Waals surface area contributed by atoms with Crippen molar-refractivity contribution in [2.75, 3.05) is 6.61 Å². The maximum atomic E-state index is 13.3. The van der Waals surface area contributed by atoms with Gasteiger partial charge in [-0.3, -0.25) is 0 Å². The van der Waals surface area contributed by atoms with Crippen molar-refractivity contribution in [1.82, 2.24) is 5.32 Å². The van der Waals surface area contributed by atoms with Crippen molar-refractivity contribution < 1.29 is 13.9 Å². The van der Waals surface area contributed by atoms with Crippen LogP contribution in [0.4, 0.5) is 9.18 Å². The molecule has 0 aliphatic rings. The van der Waals surface area contributed by atoms with Crippen molar-refractivity contribution in [3.05, 3.63) is 35.1 Å². The number of rotatable bonds is 3. The molecule has 0 saturated carbocycles. The van der Waals surface area contributed by atoms with E-state index in [1.807, 2.05) is 0 Å². The molecule has 0 fully saturated rings. The molecule has 3 nitrogen and oxygen atoms in total. The topological polar surface area (TPSA) is 38.3 Å². The van der Waals surface area contributed by atoms with E-state index >= 15 is 0 Å². The summed E-state index contributed by atoms with van der Waals surface area (Å²) in [4.78, 5) is 11.2. The first-order valence-electron chi connectivity index (χ1n) is 5.24. The van der Waals surface area contributed by atoms with Gasteiger partial charge in [-0.1, -0.05) is 12.1 Å². The lowest BCUT2D eigenvalue weighted by Gasteiger charge is -2.14. The molecule has 1 aromatic carbocycles. The summed E-state index contributed by atoms with van der Waals surface area (Å²) >= 11 is 0. The summed E-state index contributed by atoms with van der Waals surface area (Å²) in [6.45, 7) is 5.53. The SMILES string of the molecule is CCOC(=O)NC(C)c1ccc(C)c(F)c1. The molecule has 1 aromatic rings. The Kier molecular flexibility index (Phi) is 4.28. The lowest BCUT2D eigenvalue weighted by atomic mass is 10.1. The second-order valence-corrected chi connectivity index (χ2v) is 3.60. The summed E-state index contributed by atoms with van der Waals surface area (Å²) in [7, 11) is 0. The van der Waals surface area contributed by atoms with Gasteiger partial charge >= 0.3 is 6.09 Å². The second-order valence-electron chi connectivity index (χ2n) is 3.60. The van der Waals surface area contributed by atoms with Crippen molar-refractivity contribution >= 4 is 6.09 Å². The van der Waals surface area contributed by atoms with E-state index in [9.17, 15) is 9.18 Å². The van der Waals surface area contributed by atoms with E-state index in [0.29, 0.717) is 12.2 Å². The molecule has 1 amide bonds. The van der Waals surface area contributed by atoms with Gasteiger partial charge in [0.05, 0.1) is 12.6 Å². The maximum absolute atomic E-state index is 13.3. The molecule has 16 heavy (non-hydrogen) atoms. The molecule has 0 radical (unpaired) electrons. The zero-order valence-electron chi connectivity index (χ0n) is 9.71. The third-order valence-electron chi connectivity index (χ3n) is 2.31. The highest BCUT2D eigenvalue weighted by Gasteiger charge is 2.11. The highest BCUT2D eigenvalue weighted by molar-refractivity contribution is 5.67. The van der Waals surface area contributed by atoms with Crippen molar-refractivity contribution in [2.45, 2.75) is 26.8 Å². The Morgan fingerprint density at radius 3 is 2.81 bits per heavy atom. The number of carbonyl (C=O) groups is 1. The summed E-state index contributed by atoms with van der Waals surface area (Å²) < 4.78 is 18.0. The number of hydrogen-bond acceptors (Lipinski definition) is 2. The van der Waals surface area contributed by atoms with Crippen LogP contribution in [0.25, 0.3) is 0 Å². The van der Waals surface area contributed by atoms with Crippen molar-refractivity contribution in [3.63, 3.8) is 0 Å². The Morgan fingerprint density at radius 1 is 1.56 bits per heavy atom. The smallest absolute Gasteiger partial charge is 0.407 e. The number of nitrogens with one attached hydrogen (secondary N) is 1. The molecule has 0 heterocycles. The fraction of sp³-hybridized carbons (Fsp3) is 0.417. The van der Waals surface area contributed by atoms with Crippen LogP contribution in [0.15, 0.2) is 18.2 Å². The Labute approximate surface area is 94.6 Å². The largest absolute Gasteiger partial charge is 0.450 e. The van der Waals surface area contributed by atoms with Crippen molar-refractivity contribution in [1.29, 1.82) is 0 Å². The van der Waals surface area contributed by atoms with Crippen LogP contribution in [-0.2, 0) is 4.74 Å². The molecule has 4 heteroatoms. The van der Waals surface area contributed by atoms with Gasteiger partial charge in [-0.25, -0.2) is 9.18 Å². The molecule has 1 unspecified atom stereocenters. The standard InChI is InChI=1S/C12H16FNO2/c1-4-16-12(15)14-9(3)10-6-5-8(2)11(13)7-10/h5-7,9H,4H2,1-3H3,(H,14,15). The number of benzene rings is 1. The van der Waals surface area contributed by atoms with Crippen LogP contribution < -0.4 is 5.32 Å². The van der Waals surface area contributed by atoms with Crippen LogP contribution in [0.1, 0.15) is 31.0 Å². The maximum Gasteiger partial charge on any atom is 0.407 e. The molecule has 1 rings (SSSR count). The van der Waals surface area contributed by atoms with E-state index in [4.69, 9.17) is 4.74 Å². The van der Waals surface area contributed by atoms with Gasteiger partial charge in [0.2, 0.25) is 0 Å². The van der Waals surface area contributed by atoms with E-state index in [0.717, 1.165) is 5.56 Å². The Balaban J connectivity index is 2.69. The number of alkyl carbamates (subject to hydrolysis) is 1. The zero-order chi connectivity index (χ0) is 12.1. The third kappa shape index (κ3) is 3.22. The van der Waals surface area contributed by atoms with E-state index in [-0.39, 0.29) is 11.9 Å². The van der Waals surface area contributed by atoms with E-state index in [2.05, 4.69) is 5.32 Å². The summed E-state index contributed by atoms with van der Waals surface area (Å²) in [6.07, 6.45) is -0.490. The Morgan fingerprint density at radius 2 is 2.25 bits per heavy atom. The highest BCUT2D eigenvalue weighted by atomic mass is 19.1. The fourth-order valence-electron chi connectivity index (χ4n) is 1.31. The average Bonchev–Trinajstić information content (AvgIpc) is 2.22. The van der Waals surface area contributed by atoms with Crippen LogP contribution in [0.3, 0.4) is 0 Å². The van der Waals surface area contributed by atoms with Gasteiger partial charge in [0.1, 0.15) is 5.82 Å². The first-order valence-corrected chi connectivity index (χ1v) is 5.24. The van der Waals surface area contributed by atoms with E-state index in [1.165, 1.54) is 6.07 Å². The van der Waals surface area contributed by atoms with Gasteiger partial charge in [0.25, 0.3) is 0 Å². The molecule has 0 bridgehead atoms. The van der Waals surface area contributed by atoms with Crippen molar-refractivity contribution in [2.24, 2.45) is 0 Å². The number of ether oxygens (including phenoxy) is 1. The number of hydrogen-bond donors (Lipinski definition) is 1. The second kappa shape index (κ2) is 5.49. The van der Waals surface area contributed by atoms with Gasteiger partial charge in [-0.2, -0.15) is 0 Å². The molecule has 0 aliphatic heterocycles. The first-order chi connectivity index (χ1) is 7.54. The summed E-state index contributed by atoms with van der Waals surface area (Å²) in [5.41, 5.74) is 1.31. The number of amides is 1. The van der Waals surface area contributed by atoms with Crippen LogP contribution in [0.2, 0.25) is 0 Å². The minimum Gasteiger partial charge on any atom is -0.450 e. The van der Waals surface area contributed by atoms with E-state index < -0.39 is 6.09 Å². The predicted molar refractivity (Wildman–Crippen MR) is 59.7 cm³/mol. The predicted octanol–water partition coefficient (Wildman–Crippen LogP) is 2.94. The lowest BCUT2D eigenvalue weighted by Crippen LogP contribution is -2.27. The molecule has 88 valence electrons. The van der Waals surface area contributed by atoms with Gasteiger partial charge < -0.3 is 10.1 Å². The molecule has 0 spiro atoms. The summed E-state index contributed by atoms with van der Waals surface area (Å²) in [5, 5.41) is 2.62. The zero-order valence-corrected chi connectivity index (χ0v) is 9.71. The summed E-state index contributed by atoms with van der Waals surface area (Å²) in [5.74, 6) is -0.269. The van der Waals surface area contributed by atoms with Crippen LogP contribution in [0.5, 0.6) is 0 Å². The molecule has 0 aliphatic carbocycles. The molecule has 0 saturated heterocycles. The van der Waals surface area contributed by atoms with Gasteiger partial charge in [-0.15, -0.1) is 0 Å². The van der Waals surface area contributed by atoms with Gasteiger partial charge in [0.15, 0.2) is 0 Å². The average molecular weight is 225 g/mol. The highest BCUT2D eigenvalue weighted by Crippen LogP contribution is 2.16. The number of halogens is 1. The summed E-state index contributed by atoms with van der Waals surface area (Å²) in [6, 6.07) is 4.63. The molecule has 1 atom stereocenters. The Hall–Kier alpha value is -1.58. The van der Waals surface area contributed by atoms with Crippen LogP contribution >= 0.6 is 0 Å². The van der Waals surface area contributed by atoms with Crippen LogP contribution in [-0.4, -0.2) is 12.7 Å². The molecule has 0 aromatic heterocycles. The molecule has 1 N–H and O–H groups in total. The monoisotopic (exact) mass is 225 g/mol. The molecular formula is C12H16FNO2.